The summed E-state index contributed by atoms with van der Waals surface area (Å²) in [4.78, 5) is 31.2. The molecule has 6 nitrogen and oxygen atoms in total. The Morgan fingerprint density at radius 2 is 1.76 bits per heavy atom. The molecule has 0 radical (unpaired) electrons. The van der Waals surface area contributed by atoms with E-state index >= 15 is 0 Å². The van der Waals surface area contributed by atoms with Gasteiger partial charge in [-0.15, -0.1) is 0 Å². The Balaban J connectivity index is 2.05. The summed E-state index contributed by atoms with van der Waals surface area (Å²) in [5.41, 5.74) is 1.61. The zero-order valence-electron chi connectivity index (χ0n) is 14.4. The molecular weight excluding hydrogens is 316 g/mol. The van der Waals surface area contributed by atoms with Crippen LogP contribution in [0.15, 0.2) is 54.7 Å². The topological polar surface area (TPSA) is 66.7 Å². The number of amides is 2. The quantitative estimate of drug-likeness (QED) is 0.797. The summed E-state index contributed by atoms with van der Waals surface area (Å²) in [5.74, 6) is -0.370. The minimum absolute atomic E-state index is 0.0188. The van der Waals surface area contributed by atoms with E-state index in [4.69, 9.17) is 0 Å². The normalized spacial score (nSPS) is 10.9. The van der Waals surface area contributed by atoms with Crippen molar-refractivity contribution in [3.05, 3.63) is 66.2 Å². The van der Waals surface area contributed by atoms with Gasteiger partial charge in [0.05, 0.1) is 5.52 Å². The van der Waals surface area contributed by atoms with Crippen LogP contribution in [0.5, 0.6) is 0 Å². The summed E-state index contributed by atoms with van der Waals surface area (Å²) in [6.45, 7) is 3.76. The van der Waals surface area contributed by atoms with Crippen LogP contribution >= 0.6 is 0 Å². The molecular formula is C19H20N4O2. The summed E-state index contributed by atoms with van der Waals surface area (Å²) in [6.07, 6.45) is 1.73. The number of pyridine rings is 1. The van der Waals surface area contributed by atoms with E-state index in [2.05, 4.69) is 10.3 Å². The largest absolute Gasteiger partial charge is 0.347 e. The predicted molar refractivity (Wildman–Crippen MR) is 97.0 cm³/mol. The fourth-order valence-electron chi connectivity index (χ4n) is 2.61. The molecule has 2 aromatic heterocycles. The fourth-order valence-corrected chi connectivity index (χ4v) is 2.61. The predicted octanol–water partition coefficient (Wildman–Crippen LogP) is 2.75. The number of anilines is 1. The Morgan fingerprint density at radius 1 is 1.08 bits per heavy atom. The first kappa shape index (κ1) is 16.7. The molecule has 0 aliphatic carbocycles. The van der Waals surface area contributed by atoms with E-state index in [0.717, 1.165) is 5.69 Å². The van der Waals surface area contributed by atoms with Gasteiger partial charge in [0.15, 0.2) is 5.69 Å². The Morgan fingerprint density at radius 3 is 2.44 bits per heavy atom. The smallest absolute Gasteiger partial charge is 0.287 e. The first-order chi connectivity index (χ1) is 12.0. The Bertz CT molecular complexity index is 916. The van der Waals surface area contributed by atoms with Crippen LogP contribution in [-0.4, -0.2) is 34.3 Å². The number of carbonyl (C=O) groups is 2. The van der Waals surface area contributed by atoms with Crippen LogP contribution < -0.4 is 10.2 Å². The molecule has 0 saturated heterocycles. The lowest BCUT2D eigenvalue weighted by atomic mass is 10.2. The van der Waals surface area contributed by atoms with Crippen molar-refractivity contribution < 1.29 is 9.59 Å². The van der Waals surface area contributed by atoms with Gasteiger partial charge < -0.3 is 10.2 Å². The summed E-state index contributed by atoms with van der Waals surface area (Å²) in [7, 11) is 1.69. The van der Waals surface area contributed by atoms with Gasteiger partial charge in [-0.1, -0.05) is 24.3 Å². The maximum absolute atomic E-state index is 12.9. The second kappa shape index (κ2) is 6.76. The molecule has 0 spiro atoms. The van der Waals surface area contributed by atoms with Gasteiger partial charge in [0.2, 0.25) is 5.82 Å². The zero-order valence-corrected chi connectivity index (χ0v) is 14.4. The molecule has 0 saturated carbocycles. The third-order valence-corrected chi connectivity index (χ3v) is 3.82. The second-order valence-corrected chi connectivity index (χ2v) is 6.07. The molecule has 3 aromatic rings. The highest BCUT2D eigenvalue weighted by Gasteiger charge is 2.24. The fraction of sp³-hybridized carbons (Fsp3) is 0.211. The number of imidazole rings is 1. The van der Waals surface area contributed by atoms with Crippen molar-refractivity contribution in [2.75, 3.05) is 11.9 Å². The van der Waals surface area contributed by atoms with Gasteiger partial charge in [-0.05, 0) is 38.1 Å². The van der Waals surface area contributed by atoms with Gasteiger partial charge in [-0.3, -0.25) is 14.0 Å². The number of carbonyl (C=O) groups excluding carboxylic acids is 2. The minimum atomic E-state index is -0.308. The molecule has 2 heterocycles. The van der Waals surface area contributed by atoms with Gasteiger partial charge in [0, 0.05) is 25.0 Å². The van der Waals surface area contributed by atoms with Crippen molar-refractivity contribution in [2.45, 2.75) is 19.9 Å². The molecule has 128 valence electrons. The molecule has 25 heavy (non-hydrogen) atoms. The van der Waals surface area contributed by atoms with Crippen LogP contribution in [0.4, 0.5) is 5.69 Å². The third kappa shape index (κ3) is 3.24. The van der Waals surface area contributed by atoms with Gasteiger partial charge in [0.25, 0.3) is 11.8 Å². The van der Waals surface area contributed by atoms with Crippen molar-refractivity contribution in [2.24, 2.45) is 0 Å². The summed E-state index contributed by atoms with van der Waals surface area (Å²) >= 11 is 0. The molecule has 0 fully saturated rings. The average molecular weight is 336 g/mol. The van der Waals surface area contributed by atoms with Gasteiger partial charge >= 0.3 is 0 Å². The first-order valence-electron chi connectivity index (χ1n) is 8.10. The van der Waals surface area contributed by atoms with E-state index < -0.39 is 0 Å². The Kier molecular flexibility index (Phi) is 4.52. The molecule has 0 aliphatic rings. The molecule has 0 bridgehead atoms. The first-order valence-corrected chi connectivity index (χ1v) is 8.10. The molecule has 6 heteroatoms. The number of rotatable bonds is 4. The van der Waals surface area contributed by atoms with Crippen molar-refractivity contribution in [1.82, 2.24) is 14.7 Å². The van der Waals surface area contributed by atoms with Crippen LogP contribution in [0, 0.1) is 0 Å². The Hall–Kier alpha value is -3.15. The molecule has 1 aromatic carbocycles. The van der Waals surface area contributed by atoms with E-state index in [1.54, 1.807) is 29.8 Å². The number of hydrogen-bond donors (Lipinski definition) is 1. The number of aromatic nitrogens is 2. The summed E-state index contributed by atoms with van der Waals surface area (Å²) < 4.78 is 1.64. The maximum atomic E-state index is 12.9. The third-order valence-electron chi connectivity index (χ3n) is 3.82. The molecule has 0 atom stereocenters. The van der Waals surface area contributed by atoms with E-state index in [-0.39, 0.29) is 29.4 Å². The standard InChI is InChI=1S/C19H20N4O2/c1-13(2)20-18(24)17-21-16(15-11-7-8-12-23(15)17)19(25)22(3)14-9-5-4-6-10-14/h4-13H,1-3H3,(H,20,24). The molecule has 0 unspecified atom stereocenters. The number of nitrogens with one attached hydrogen (secondary N) is 1. The lowest BCUT2D eigenvalue weighted by Gasteiger charge is -2.16. The second-order valence-electron chi connectivity index (χ2n) is 6.07. The number of para-hydroxylation sites is 1. The van der Waals surface area contributed by atoms with E-state index in [1.807, 2.05) is 50.2 Å². The van der Waals surface area contributed by atoms with Crippen molar-refractivity contribution in [1.29, 1.82) is 0 Å². The average Bonchev–Trinajstić information content (AvgIpc) is 3.00. The minimum Gasteiger partial charge on any atom is -0.347 e. The van der Waals surface area contributed by atoms with Crippen molar-refractivity contribution in [3.8, 4) is 0 Å². The van der Waals surface area contributed by atoms with Crippen LogP contribution in [0.2, 0.25) is 0 Å². The van der Waals surface area contributed by atoms with E-state index in [1.165, 1.54) is 4.90 Å². The number of benzene rings is 1. The van der Waals surface area contributed by atoms with Crippen LogP contribution in [-0.2, 0) is 0 Å². The Labute approximate surface area is 146 Å². The van der Waals surface area contributed by atoms with Gasteiger partial charge in [-0.25, -0.2) is 4.98 Å². The van der Waals surface area contributed by atoms with Gasteiger partial charge in [0.1, 0.15) is 0 Å². The van der Waals surface area contributed by atoms with Gasteiger partial charge in [-0.2, -0.15) is 0 Å². The van der Waals surface area contributed by atoms with Crippen molar-refractivity contribution in [3.63, 3.8) is 0 Å². The van der Waals surface area contributed by atoms with Crippen molar-refractivity contribution >= 4 is 23.0 Å². The van der Waals surface area contributed by atoms with Crippen LogP contribution in [0.3, 0.4) is 0 Å². The highest BCUT2D eigenvalue weighted by Crippen LogP contribution is 2.19. The lowest BCUT2D eigenvalue weighted by Crippen LogP contribution is -2.31. The SMILES string of the molecule is CC(C)NC(=O)c1nc(C(=O)N(C)c2ccccc2)c2ccccn12. The highest BCUT2D eigenvalue weighted by atomic mass is 16.2. The molecule has 3 rings (SSSR count). The van der Waals surface area contributed by atoms with Crippen LogP contribution in [0.1, 0.15) is 35.0 Å². The zero-order chi connectivity index (χ0) is 18.0. The molecule has 0 aliphatic heterocycles. The van der Waals surface area contributed by atoms with E-state index in [9.17, 15) is 9.59 Å². The summed E-state index contributed by atoms with van der Waals surface area (Å²) in [5, 5.41) is 2.82. The molecule has 2 amide bonds. The number of nitrogens with zero attached hydrogens (tertiary/aromatic N) is 3. The van der Waals surface area contributed by atoms with E-state index in [0.29, 0.717) is 5.52 Å². The lowest BCUT2D eigenvalue weighted by molar-refractivity contribution is 0.0932. The summed E-state index contributed by atoms with van der Waals surface area (Å²) in [6, 6.07) is 14.7. The number of fused-ring (bicyclic) bond motifs is 1. The monoisotopic (exact) mass is 336 g/mol. The highest BCUT2D eigenvalue weighted by molar-refractivity contribution is 6.10. The van der Waals surface area contributed by atoms with Crippen LogP contribution in [0.25, 0.3) is 5.52 Å². The maximum Gasteiger partial charge on any atom is 0.287 e. The number of hydrogen-bond acceptors (Lipinski definition) is 3. The molecule has 1 N–H and O–H groups in total.